The van der Waals surface area contributed by atoms with Gasteiger partial charge >= 0.3 is 6.85 Å². The summed E-state index contributed by atoms with van der Waals surface area (Å²) in [6.45, 7) is 4.86. The standard InChI is InChI=1S/C55H35BN2S/c1-55(2)40-22-8-5-19-38(40)49-41(55)31-44-51-50(49)39-21-14-28-48-54(39)58(43-24-9-12-27-47(43)59(48)45-25-10-6-17-34(45)35-18-7-11-26-46(35)59)56(51)42-23-13-20-36-37-30-29-32-15-3-4-16-33(32)52(37)57(44)53(36)42/h3-31H,1-2H3. The normalized spacial score (nSPS) is 16.4. The molecule has 9 aromatic carbocycles. The molecule has 0 unspecified atom stereocenters. The Kier molecular flexibility index (Phi) is 5.44. The molecule has 59 heavy (non-hydrogen) atoms. The topological polar surface area (TPSA) is 8.17 Å². The highest BCUT2D eigenvalue weighted by atomic mass is 32.3. The number of nitrogens with zero attached hydrogens (tertiary/aromatic N) is 2. The molecule has 0 atom stereocenters. The molecule has 5 aliphatic rings. The van der Waals surface area contributed by atoms with Crippen molar-refractivity contribution in [2.75, 3.05) is 4.81 Å². The number of fused-ring (bicyclic) bond motifs is 22. The van der Waals surface area contributed by atoms with Gasteiger partial charge in [-0.3, -0.25) is 0 Å². The molecule has 1 spiro atoms. The van der Waals surface area contributed by atoms with Crippen molar-refractivity contribution in [3.63, 3.8) is 0 Å². The van der Waals surface area contributed by atoms with Gasteiger partial charge in [-0.05, 0) is 91.7 Å². The van der Waals surface area contributed by atoms with Gasteiger partial charge in [0, 0.05) is 58.1 Å². The second-order valence-electron chi connectivity index (χ2n) is 17.5. The summed E-state index contributed by atoms with van der Waals surface area (Å²) in [5, 5.41) is 5.21. The van der Waals surface area contributed by atoms with Gasteiger partial charge in [-0.25, -0.2) is 0 Å². The van der Waals surface area contributed by atoms with E-state index in [0.29, 0.717) is 0 Å². The van der Waals surface area contributed by atoms with Crippen LogP contribution in [0.25, 0.3) is 71.6 Å². The van der Waals surface area contributed by atoms with Crippen molar-refractivity contribution in [3.05, 3.63) is 187 Å². The molecule has 10 aromatic rings. The first-order valence-electron chi connectivity index (χ1n) is 20.9. The lowest BCUT2D eigenvalue weighted by atomic mass is 9.43. The molecule has 0 radical (unpaired) electrons. The average Bonchev–Trinajstić information content (AvgIpc) is 3.87. The number of rotatable bonds is 0. The lowest BCUT2D eigenvalue weighted by molar-refractivity contribution is 0.660. The first-order valence-corrected chi connectivity index (χ1v) is 22.5. The molecule has 0 fully saturated rings. The van der Waals surface area contributed by atoms with Crippen LogP contribution in [0, 0.1) is 0 Å². The number of benzene rings is 9. The SMILES string of the molecule is CC1(C)c2ccccc2-c2c1cc1c3c2-c2cccc4c2N(B3c2cccc3c5ccc6ccccc6c5n-1c23)c1ccccc1S41c2ccccc2-c2ccccc21. The van der Waals surface area contributed by atoms with E-state index in [1.807, 2.05) is 0 Å². The Morgan fingerprint density at radius 3 is 1.92 bits per heavy atom. The van der Waals surface area contributed by atoms with E-state index in [4.69, 9.17) is 0 Å². The van der Waals surface area contributed by atoms with Gasteiger partial charge in [0.2, 0.25) is 0 Å². The second kappa shape index (κ2) is 10.3. The first-order chi connectivity index (χ1) is 29.1. The molecule has 1 aliphatic carbocycles. The Balaban J connectivity index is 1.19. The minimum absolute atomic E-state index is 0.0357. The van der Waals surface area contributed by atoms with Gasteiger partial charge < -0.3 is 9.38 Å². The van der Waals surface area contributed by atoms with E-state index in [0.717, 1.165) is 0 Å². The molecular weight excluding hydrogens is 731 g/mol. The van der Waals surface area contributed by atoms with Crippen LogP contribution in [0.1, 0.15) is 25.0 Å². The third kappa shape index (κ3) is 3.33. The zero-order valence-electron chi connectivity index (χ0n) is 32.6. The summed E-state index contributed by atoms with van der Waals surface area (Å²) in [5.74, 6) is 0. The van der Waals surface area contributed by atoms with E-state index >= 15 is 0 Å². The van der Waals surface area contributed by atoms with Crippen LogP contribution in [-0.4, -0.2) is 11.4 Å². The highest BCUT2D eigenvalue weighted by Gasteiger charge is 2.55. The van der Waals surface area contributed by atoms with Crippen molar-refractivity contribution in [1.29, 1.82) is 0 Å². The lowest BCUT2D eigenvalue weighted by Gasteiger charge is -2.53. The minimum Gasteiger partial charge on any atom is -0.375 e. The molecule has 0 saturated carbocycles. The zero-order chi connectivity index (χ0) is 38.5. The molecule has 0 saturated heterocycles. The predicted molar refractivity (Wildman–Crippen MR) is 247 cm³/mol. The largest absolute Gasteiger partial charge is 0.375 e. The van der Waals surface area contributed by atoms with E-state index in [2.05, 4.69) is 199 Å². The van der Waals surface area contributed by atoms with Crippen molar-refractivity contribution in [2.24, 2.45) is 0 Å². The molecule has 15 rings (SSSR count). The zero-order valence-corrected chi connectivity index (χ0v) is 33.4. The fourth-order valence-corrected chi connectivity index (χ4v) is 17.0. The van der Waals surface area contributed by atoms with Crippen LogP contribution >= 0.6 is 10.0 Å². The lowest BCUT2D eigenvalue weighted by Crippen LogP contribution is -2.61. The van der Waals surface area contributed by atoms with Crippen LogP contribution in [0.15, 0.2) is 196 Å². The number of hydrogen-bond donors (Lipinski definition) is 0. The summed E-state index contributed by atoms with van der Waals surface area (Å²) in [6.07, 6.45) is 0. The Bertz CT molecular complexity index is 3580. The Hall–Kier alpha value is -6.75. The Labute approximate surface area is 344 Å². The van der Waals surface area contributed by atoms with Crippen LogP contribution in [-0.2, 0) is 5.41 Å². The van der Waals surface area contributed by atoms with E-state index in [9.17, 15) is 0 Å². The van der Waals surface area contributed by atoms with Gasteiger partial charge in [0.25, 0.3) is 0 Å². The van der Waals surface area contributed by atoms with E-state index < -0.39 is 10.0 Å². The Morgan fingerprint density at radius 1 is 0.458 bits per heavy atom. The molecule has 2 nitrogen and oxygen atoms in total. The second-order valence-corrected chi connectivity index (χ2v) is 20.5. The van der Waals surface area contributed by atoms with Gasteiger partial charge in [0.05, 0.1) is 16.7 Å². The van der Waals surface area contributed by atoms with Crippen LogP contribution in [0.5, 0.6) is 0 Å². The van der Waals surface area contributed by atoms with Crippen molar-refractivity contribution in [1.82, 2.24) is 4.57 Å². The quantitative estimate of drug-likeness (QED) is 0.140. The van der Waals surface area contributed by atoms with Crippen molar-refractivity contribution < 1.29 is 0 Å². The average molecular weight is 767 g/mol. The summed E-state index contributed by atoms with van der Waals surface area (Å²) in [6, 6.07) is 68.0. The number of hydrogen-bond acceptors (Lipinski definition) is 1. The maximum atomic E-state index is 2.79. The number of para-hydroxylation sites is 3. The van der Waals surface area contributed by atoms with Gasteiger partial charge in [0.1, 0.15) is 0 Å². The molecule has 4 aliphatic heterocycles. The summed E-state index contributed by atoms with van der Waals surface area (Å²) < 4.78 is 2.68. The molecule has 0 bridgehead atoms. The minimum atomic E-state index is -1.86. The van der Waals surface area contributed by atoms with E-state index in [1.165, 1.54) is 125 Å². The number of aromatic nitrogens is 1. The first kappa shape index (κ1) is 31.3. The fourth-order valence-electron chi connectivity index (χ4n) is 12.5. The maximum Gasteiger partial charge on any atom is 0.333 e. The van der Waals surface area contributed by atoms with Crippen LogP contribution in [0.3, 0.4) is 0 Å². The van der Waals surface area contributed by atoms with Crippen LogP contribution in [0.2, 0.25) is 0 Å². The number of anilines is 2. The molecule has 1 aromatic heterocycles. The molecule has 4 heteroatoms. The van der Waals surface area contributed by atoms with Crippen molar-refractivity contribution in [3.8, 4) is 39.1 Å². The monoisotopic (exact) mass is 766 g/mol. The van der Waals surface area contributed by atoms with Gasteiger partial charge in [-0.1, -0.05) is 153 Å². The van der Waals surface area contributed by atoms with Crippen molar-refractivity contribution >= 4 is 71.8 Å². The van der Waals surface area contributed by atoms with Crippen molar-refractivity contribution in [2.45, 2.75) is 38.8 Å². The molecule has 0 N–H and O–H groups in total. The highest BCUT2D eigenvalue weighted by molar-refractivity contribution is 8.34. The molecule has 274 valence electrons. The van der Waals surface area contributed by atoms with Crippen LogP contribution in [0.4, 0.5) is 11.4 Å². The third-order valence-corrected chi connectivity index (χ3v) is 18.7. The predicted octanol–water partition coefficient (Wildman–Crippen LogP) is 13.1. The summed E-state index contributed by atoms with van der Waals surface area (Å²) in [4.78, 5) is 8.58. The summed E-state index contributed by atoms with van der Waals surface area (Å²) in [5.41, 5.74) is 20.4. The fraction of sp³-hybridized carbons (Fsp3) is 0.0545. The summed E-state index contributed by atoms with van der Waals surface area (Å²) >= 11 is 0. The summed E-state index contributed by atoms with van der Waals surface area (Å²) in [7, 11) is -1.86. The molecule has 0 amide bonds. The molecule has 5 heterocycles. The van der Waals surface area contributed by atoms with Gasteiger partial charge in [-0.2, -0.15) is 0 Å². The van der Waals surface area contributed by atoms with E-state index in [-0.39, 0.29) is 12.3 Å². The van der Waals surface area contributed by atoms with E-state index in [1.54, 1.807) is 0 Å². The van der Waals surface area contributed by atoms with Gasteiger partial charge in [-0.15, -0.1) is 10.0 Å². The van der Waals surface area contributed by atoms with Gasteiger partial charge in [0.15, 0.2) is 0 Å². The smallest absolute Gasteiger partial charge is 0.333 e. The van der Waals surface area contributed by atoms with Crippen LogP contribution < -0.4 is 15.7 Å². The highest BCUT2D eigenvalue weighted by Crippen LogP contribution is 2.85. The molecular formula is C55H35BN2S. The Morgan fingerprint density at radius 2 is 1.08 bits per heavy atom. The third-order valence-electron chi connectivity index (χ3n) is 14.7. The maximum absolute atomic E-state index is 2.79.